The summed E-state index contributed by atoms with van der Waals surface area (Å²) in [6.45, 7) is 0.300. The van der Waals surface area contributed by atoms with Crippen molar-refractivity contribution in [3.05, 3.63) is 65.5 Å². The quantitative estimate of drug-likeness (QED) is 0.763. The third-order valence-electron chi connectivity index (χ3n) is 4.46. The van der Waals surface area contributed by atoms with Crippen LogP contribution in [-0.2, 0) is 6.54 Å². The third-order valence-corrected chi connectivity index (χ3v) is 4.46. The normalized spacial score (nSPS) is 14.0. The minimum atomic E-state index is -0.363. The molecule has 6 heteroatoms. The highest BCUT2D eigenvalue weighted by Gasteiger charge is 2.17. The van der Waals surface area contributed by atoms with Gasteiger partial charge in [0.2, 0.25) is 0 Å². The fourth-order valence-electron chi connectivity index (χ4n) is 3.00. The van der Waals surface area contributed by atoms with Gasteiger partial charge in [-0.25, -0.2) is 9.18 Å². The van der Waals surface area contributed by atoms with E-state index in [1.807, 2.05) is 0 Å². The number of hydrogen-bond acceptors (Lipinski definition) is 2. The second-order valence-electron chi connectivity index (χ2n) is 6.47. The molecule has 3 N–H and O–H groups in total. The van der Waals surface area contributed by atoms with Crippen LogP contribution in [0.15, 0.2) is 48.5 Å². The molecule has 0 radical (unpaired) electrons. The number of halogens is 1. The summed E-state index contributed by atoms with van der Waals surface area (Å²) < 4.78 is 12.8. The van der Waals surface area contributed by atoms with E-state index in [0.29, 0.717) is 17.8 Å². The Morgan fingerprint density at radius 1 is 0.962 bits per heavy atom. The summed E-state index contributed by atoms with van der Waals surface area (Å²) in [5.41, 5.74) is 1.98. The van der Waals surface area contributed by atoms with E-state index in [1.165, 1.54) is 25.0 Å². The molecule has 0 spiro atoms. The van der Waals surface area contributed by atoms with Crippen molar-refractivity contribution in [3.63, 3.8) is 0 Å². The molecule has 0 aromatic heterocycles. The molecule has 3 rings (SSSR count). The highest BCUT2D eigenvalue weighted by atomic mass is 19.1. The third kappa shape index (κ3) is 5.05. The zero-order chi connectivity index (χ0) is 18.4. The van der Waals surface area contributed by atoms with Crippen LogP contribution in [0.5, 0.6) is 0 Å². The number of anilines is 1. The van der Waals surface area contributed by atoms with E-state index in [4.69, 9.17) is 0 Å². The first-order valence-corrected chi connectivity index (χ1v) is 8.80. The van der Waals surface area contributed by atoms with Gasteiger partial charge in [0.1, 0.15) is 5.82 Å². The van der Waals surface area contributed by atoms with Gasteiger partial charge in [-0.2, -0.15) is 0 Å². The fraction of sp³-hybridized carbons (Fsp3) is 0.300. The maximum atomic E-state index is 12.8. The molecule has 2 aromatic carbocycles. The lowest BCUT2D eigenvalue weighted by Gasteiger charge is -2.12. The van der Waals surface area contributed by atoms with Gasteiger partial charge >= 0.3 is 6.03 Å². The Kier molecular flexibility index (Phi) is 5.84. The number of amides is 3. The molecule has 0 saturated heterocycles. The van der Waals surface area contributed by atoms with Crippen molar-refractivity contribution in [3.8, 4) is 0 Å². The number of carbonyl (C=O) groups excluding carboxylic acids is 2. The van der Waals surface area contributed by atoms with Crippen molar-refractivity contribution in [1.29, 1.82) is 0 Å². The molecule has 0 aliphatic heterocycles. The van der Waals surface area contributed by atoms with Gasteiger partial charge in [0.15, 0.2) is 0 Å². The largest absolute Gasteiger partial charge is 0.349 e. The molecule has 2 aromatic rings. The van der Waals surface area contributed by atoms with Gasteiger partial charge in [-0.1, -0.05) is 25.0 Å². The lowest BCUT2D eigenvalue weighted by molar-refractivity contribution is 0.0938. The fourth-order valence-corrected chi connectivity index (χ4v) is 3.00. The minimum Gasteiger partial charge on any atom is -0.349 e. The van der Waals surface area contributed by atoms with E-state index < -0.39 is 0 Å². The Bertz CT molecular complexity index is 754. The molecule has 0 atom stereocenters. The molecule has 1 aliphatic carbocycles. The van der Waals surface area contributed by atoms with E-state index in [0.717, 1.165) is 18.4 Å². The van der Waals surface area contributed by atoms with Gasteiger partial charge in [0.05, 0.1) is 0 Å². The van der Waals surface area contributed by atoms with Crippen molar-refractivity contribution < 1.29 is 14.0 Å². The predicted molar refractivity (Wildman–Crippen MR) is 98.4 cm³/mol. The minimum absolute atomic E-state index is 0.0794. The molecule has 1 fully saturated rings. The van der Waals surface area contributed by atoms with Crippen molar-refractivity contribution >= 4 is 17.6 Å². The van der Waals surface area contributed by atoms with Crippen LogP contribution in [0.25, 0.3) is 0 Å². The summed E-state index contributed by atoms with van der Waals surface area (Å²) in [6, 6.07) is 12.6. The highest BCUT2D eigenvalue weighted by molar-refractivity contribution is 5.95. The zero-order valence-corrected chi connectivity index (χ0v) is 14.4. The Morgan fingerprint density at radius 3 is 2.27 bits per heavy atom. The maximum Gasteiger partial charge on any atom is 0.319 e. The Hall–Kier alpha value is -2.89. The second kappa shape index (κ2) is 8.47. The Labute approximate surface area is 152 Å². The number of urea groups is 1. The lowest BCUT2D eigenvalue weighted by atomic mass is 10.1. The molecule has 1 aliphatic rings. The average Bonchev–Trinajstić information content (AvgIpc) is 3.15. The van der Waals surface area contributed by atoms with Crippen LogP contribution < -0.4 is 16.0 Å². The van der Waals surface area contributed by atoms with Crippen molar-refractivity contribution in [2.75, 3.05) is 5.32 Å². The summed E-state index contributed by atoms with van der Waals surface area (Å²) in [6.07, 6.45) is 4.42. The Morgan fingerprint density at radius 2 is 1.62 bits per heavy atom. The number of nitrogens with one attached hydrogen (secondary N) is 3. The zero-order valence-electron chi connectivity index (χ0n) is 14.4. The molecule has 26 heavy (non-hydrogen) atoms. The molecule has 1 saturated carbocycles. The summed E-state index contributed by atoms with van der Waals surface area (Å²) in [5.74, 6) is -0.389. The van der Waals surface area contributed by atoms with Crippen LogP contribution in [-0.4, -0.2) is 18.0 Å². The van der Waals surface area contributed by atoms with Crippen molar-refractivity contribution in [2.24, 2.45) is 0 Å². The average molecular weight is 355 g/mol. The number of rotatable bonds is 5. The van der Waals surface area contributed by atoms with Crippen molar-refractivity contribution in [1.82, 2.24) is 10.6 Å². The Balaban J connectivity index is 1.47. The van der Waals surface area contributed by atoms with Gasteiger partial charge in [-0.3, -0.25) is 4.79 Å². The molecular weight excluding hydrogens is 333 g/mol. The van der Waals surface area contributed by atoms with Gasteiger partial charge in [-0.05, 0) is 54.8 Å². The first-order chi connectivity index (χ1) is 12.6. The number of carbonyl (C=O) groups is 2. The highest BCUT2D eigenvalue weighted by Crippen LogP contribution is 2.18. The van der Waals surface area contributed by atoms with Gasteiger partial charge in [0, 0.05) is 23.8 Å². The summed E-state index contributed by atoms with van der Waals surface area (Å²) in [4.78, 5) is 24.1. The smallest absolute Gasteiger partial charge is 0.319 e. The molecule has 3 amide bonds. The molecule has 0 bridgehead atoms. The number of hydrogen-bond donors (Lipinski definition) is 3. The van der Waals surface area contributed by atoms with Gasteiger partial charge < -0.3 is 16.0 Å². The first kappa shape index (κ1) is 17.9. The van der Waals surface area contributed by atoms with E-state index in [9.17, 15) is 14.0 Å². The van der Waals surface area contributed by atoms with E-state index in [1.54, 1.807) is 36.4 Å². The molecule has 0 heterocycles. The van der Waals surface area contributed by atoms with Crippen molar-refractivity contribution in [2.45, 2.75) is 38.3 Å². The number of benzene rings is 2. The monoisotopic (exact) mass is 355 g/mol. The summed E-state index contributed by atoms with van der Waals surface area (Å²) >= 11 is 0. The van der Waals surface area contributed by atoms with E-state index in [2.05, 4.69) is 16.0 Å². The topological polar surface area (TPSA) is 70.2 Å². The van der Waals surface area contributed by atoms with Crippen LogP contribution >= 0.6 is 0 Å². The van der Waals surface area contributed by atoms with Crippen LogP contribution in [0.2, 0.25) is 0 Å². The van der Waals surface area contributed by atoms with Crippen LogP contribution in [0.3, 0.4) is 0 Å². The second-order valence-corrected chi connectivity index (χ2v) is 6.47. The summed E-state index contributed by atoms with van der Waals surface area (Å²) in [5, 5.41) is 8.44. The summed E-state index contributed by atoms with van der Waals surface area (Å²) in [7, 11) is 0. The van der Waals surface area contributed by atoms with Gasteiger partial charge in [0.25, 0.3) is 5.91 Å². The van der Waals surface area contributed by atoms with Gasteiger partial charge in [-0.15, -0.1) is 0 Å². The standard InChI is InChI=1S/C20H22FN3O2/c21-16-9-5-14(6-10-16)13-22-20(26)24-18-11-7-15(8-12-18)19(25)23-17-3-1-2-4-17/h5-12,17H,1-4,13H2,(H,23,25)(H2,22,24,26). The molecule has 0 unspecified atom stereocenters. The molecule has 136 valence electrons. The van der Waals surface area contributed by atoms with Crippen LogP contribution in [0.4, 0.5) is 14.9 Å². The molecule has 5 nitrogen and oxygen atoms in total. The van der Waals surface area contributed by atoms with Crippen LogP contribution in [0, 0.1) is 5.82 Å². The van der Waals surface area contributed by atoms with E-state index >= 15 is 0 Å². The maximum absolute atomic E-state index is 12.8. The van der Waals surface area contributed by atoms with Crippen LogP contribution in [0.1, 0.15) is 41.6 Å². The predicted octanol–water partition coefficient (Wildman–Crippen LogP) is 3.82. The first-order valence-electron chi connectivity index (χ1n) is 8.80. The lowest BCUT2D eigenvalue weighted by Crippen LogP contribution is -2.32. The molecular formula is C20H22FN3O2. The van der Waals surface area contributed by atoms with E-state index in [-0.39, 0.29) is 23.8 Å². The SMILES string of the molecule is O=C(NCc1ccc(F)cc1)Nc1ccc(C(=O)NC2CCCC2)cc1.